The Labute approximate surface area is 214 Å². The van der Waals surface area contributed by atoms with Gasteiger partial charge in [0.05, 0.1) is 6.61 Å². The van der Waals surface area contributed by atoms with E-state index in [2.05, 4.69) is 27.8 Å². The lowest BCUT2D eigenvalue weighted by Crippen LogP contribution is -2.23. The molecular formula is C29H27BrN2O3. The van der Waals surface area contributed by atoms with Gasteiger partial charge in [-0.2, -0.15) is 5.26 Å². The lowest BCUT2D eigenvalue weighted by atomic mass is 10.0. The van der Waals surface area contributed by atoms with Gasteiger partial charge in [-0.25, -0.2) is 0 Å². The lowest BCUT2D eigenvalue weighted by molar-refractivity contribution is -0.117. The summed E-state index contributed by atoms with van der Waals surface area (Å²) in [7, 11) is 0. The molecular weight excluding hydrogens is 504 g/mol. The van der Waals surface area contributed by atoms with Gasteiger partial charge in [0.2, 0.25) is 0 Å². The third-order valence-corrected chi connectivity index (χ3v) is 5.62. The molecule has 0 radical (unpaired) electrons. The SMILES string of the molecule is C=CCc1cc(/C=C(/C#N)C(=O)NCc2ccccc2)cc(OCC)c1OCc1ccc(Br)cc1. The zero-order valence-electron chi connectivity index (χ0n) is 19.6. The van der Waals surface area contributed by atoms with Crippen molar-refractivity contribution in [2.45, 2.75) is 26.5 Å². The fourth-order valence-corrected chi connectivity index (χ4v) is 3.69. The van der Waals surface area contributed by atoms with E-state index in [0.717, 1.165) is 21.2 Å². The lowest BCUT2D eigenvalue weighted by Gasteiger charge is -2.17. The summed E-state index contributed by atoms with van der Waals surface area (Å²) in [6.45, 7) is 6.91. The van der Waals surface area contributed by atoms with Crippen LogP contribution in [0.5, 0.6) is 11.5 Å². The summed E-state index contributed by atoms with van der Waals surface area (Å²) in [4.78, 5) is 12.6. The minimum atomic E-state index is -0.435. The molecule has 0 saturated heterocycles. The highest BCUT2D eigenvalue weighted by Gasteiger charge is 2.15. The highest BCUT2D eigenvalue weighted by atomic mass is 79.9. The van der Waals surface area contributed by atoms with Crippen LogP contribution in [0.15, 0.2) is 89.4 Å². The van der Waals surface area contributed by atoms with Crippen molar-refractivity contribution >= 4 is 27.9 Å². The Hall–Kier alpha value is -3.82. The smallest absolute Gasteiger partial charge is 0.262 e. The van der Waals surface area contributed by atoms with E-state index in [-0.39, 0.29) is 5.57 Å². The van der Waals surface area contributed by atoms with Crippen LogP contribution in [-0.2, 0) is 24.4 Å². The fraction of sp³-hybridized carbons (Fsp3) is 0.172. The Morgan fingerprint density at radius 3 is 2.49 bits per heavy atom. The van der Waals surface area contributed by atoms with E-state index in [1.165, 1.54) is 0 Å². The molecule has 0 atom stereocenters. The van der Waals surface area contributed by atoms with Crippen LogP contribution in [0.2, 0.25) is 0 Å². The molecule has 0 aliphatic heterocycles. The van der Waals surface area contributed by atoms with E-state index in [9.17, 15) is 10.1 Å². The number of benzene rings is 3. The Morgan fingerprint density at radius 2 is 1.83 bits per heavy atom. The second-order valence-electron chi connectivity index (χ2n) is 7.69. The number of halogens is 1. The maximum atomic E-state index is 12.6. The van der Waals surface area contributed by atoms with Gasteiger partial charge in [-0.1, -0.05) is 64.5 Å². The van der Waals surface area contributed by atoms with Gasteiger partial charge in [0.15, 0.2) is 11.5 Å². The Bertz CT molecular complexity index is 1230. The monoisotopic (exact) mass is 530 g/mol. The zero-order chi connectivity index (χ0) is 25.0. The summed E-state index contributed by atoms with van der Waals surface area (Å²) < 4.78 is 13.0. The van der Waals surface area contributed by atoms with Crippen molar-refractivity contribution in [2.75, 3.05) is 6.61 Å². The molecule has 3 aromatic rings. The molecule has 0 fully saturated rings. The standard InChI is InChI=1S/C29H27BrN2O3/c1-3-8-24-15-23(16-25(18-31)29(33)32-19-21-9-6-5-7-10-21)17-27(34-4-2)28(24)35-20-22-11-13-26(30)14-12-22/h3,5-7,9-17H,1,4,8,19-20H2,2H3,(H,32,33)/b25-16-. The number of carbonyl (C=O) groups excluding carboxylic acids is 1. The molecule has 0 saturated carbocycles. The maximum Gasteiger partial charge on any atom is 0.262 e. The molecule has 3 aromatic carbocycles. The summed E-state index contributed by atoms with van der Waals surface area (Å²) >= 11 is 3.44. The normalized spacial score (nSPS) is 10.8. The molecule has 0 bridgehead atoms. The number of hydrogen-bond donors (Lipinski definition) is 1. The highest BCUT2D eigenvalue weighted by Crippen LogP contribution is 2.35. The first kappa shape index (κ1) is 25.8. The molecule has 3 rings (SSSR count). The Morgan fingerprint density at radius 1 is 1.09 bits per heavy atom. The minimum absolute atomic E-state index is 0.0106. The van der Waals surface area contributed by atoms with E-state index >= 15 is 0 Å². The number of allylic oxidation sites excluding steroid dienone is 1. The van der Waals surface area contributed by atoms with Crippen LogP contribution in [0.4, 0.5) is 0 Å². The fourth-order valence-electron chi connectivity index (χ4n) is 3.43. The first-order chi connectivity index (χ1) is 17.0. The molecule has 0 heterocycles. The second-order valence-corrected chi connectivity index (χ2v) is 8.60. The zero-order valence-corrected chi connectivity index (χ0v) is 21.2. The van der Waals surface area contributed by atoms with Gasteiger partial charge in [-0.05, 0) is 60.4 Å². The average Bonchev–Trinajstić information content (AvgIpc) is 2.87. The summed E-state index contributed by atoms with van der Waals surface area (Å²) in [6.07, 6.45) is 3.89. The van der Waals surface area contributed by atoms with Crippen molar-refractivity contribution in [2.24, 2.45) is 0 Å². The minimum Gasteiger partial charge on any atom is -0.490 e. The molecule has 5 nitrogen and oxygen atoms in total. The molecule has 178 valence electrons. The topological polar surface area (TPSA) is 71.4 Å². The van der Waals surface area contributed by atoms with Crippen LogP contribution in [-0.4, -0.2) is 12.5 Å². The number of nitrogens with zero attached hydrogens (tertiary/aromatic N) is 1. The van der Waals surface area contributed by atoms with Crippen molar-refractivity contribution in [3.05, 3.63) is 112 Å². The second kappa shape index (κ2) is 13.2. The number of rotatable bonds is 11. The number of nitrogens with one attached hydrogen (secondary N) is 1. The van der Waals surface area contributed by atoms with Crippen LogP contribution < -0.4 is 14.8 Å². The van der Waals surface area contributed by atoms with Gasteiger partial charge in [0.1, 0.15) is 18.2 Å². The highest BCUT2D eigenvalue weighted by molar-refractivity contribution is 9.10. The van der Waals surface area contributed by atoms with Crippen LogP contribution in [0.25, 0.3) is 6.08 Å². The van der Waals surface area contributed by atoms with Crippen molar-refractivity contribution in [3.8, 4) is 17.6 Å². The summed E-state index contributed by atoms with van der Waals surface area (Å²) in [5, 5.41) is 12.4. The molecule has 0 aliphatic carbocycles. The molecule has 0 aromatic heterocycles. The Kier molecular flexibility index (Phi) is 9.70. The largest absolute Gasteiger partial charge is 0.490 e. The summed E-state index contributed by atoms with van der Waals surface area (Å²) in [5.74, 6) is 0.742. The molecule has 1 N–H and O–H groups in total. The van der Waals surface area contributed by atoms with Crippen LogP contribution in [0, 0.1) is 11.3 Å². The predicted octanol–water partition coefficient (Wildman–Crippen LogP) is 6.38. The van der Waals surface area contributed by atoms with Gasteiger partial charge < -0.3 is 14.8 Å². The van der Waals surface area contributed by atoms with Gasteiger partial charge >= 0.3 is 0 Å². The van der Waals surface area contributed by atoms with E-state index < -0.39 is 5.91 Å². The van der Waals surface area contributed by atoms with Crippen LogP contribution in [0.1, 0.15) is 29.2 Å². The first-order valence-corrected chi connectivity index (χ1v) is 12.0. The van der Waals surface area contributed by atoms with Gasteiger partial charge in [0.25, 0.3) is 5.91 Å². The third kappa shape index (κ3) is 7.59. The first-order valence-electron chi connectivity index (χ1n) is 11.3. The number of ether oxygens (including phenoxy) is 2. The quantitative estimate of drug-likeness (QED) is 0.177. The van der Waals surface area contributed by atoms with E-state index in [1.54, 1.807) is 18.2 Å². The summed E-state index contributed by atoms with van der Waals surface area (Å²) in [6, 6.07) is 23.1. The molecule has 35 heavy (non-hydrogen) atoms. The number of nitriles is 1. The van der Waals surface area contributed by atoms with Gasteiger partial charge in [-0.15, -0.1) is 6.58 Å². The van der Waals surface area contributed by atoms with Gasteiger partial charge in [-0.3, -0.25) is 4.79 Å². The van der Waals surface area contributed by atoms with Crippen molar-refractivity contribution in [1.82, 2.24) is 5.32 Å². The molecule has 6 heteroatoms. The van der Waals surface area contributed by atoms with E-state index in [4.69, 9.17) is 9.47 Å². The number of amides is 1. The van der Waals surface area contributed by atoms with Crippen molar-refractivity contribution in [1.29, 1.82) is 5.26 Å². The molecule has 0 unspecified atom stereocenters. The van der Waals surface area contributed by atoms with Gasteiger partial charge in [0, 0.05) is 16.6 Å². The molecule has 0 spiro atoms. The van der Waals surface area contributed by atoms with Crippen LogP contribution >= 0.6 is 15.9 Å². The molecule has 1 amide bonds. The van der Waals surface area contributed by atoms with Crippen molar-refractivity contribution in [3.63, 3.8) is 0 Å². The average molecular weight is 531 g/mol. The maximum absolute atomic E-state index is 12.6. The number of carbonyl (C=O) groups is 1. The van der Waals surface area contributed by atoms with Crippen molar-refractivity contribution < 1.29 is 14.3 Å². The molecule has 0 aliphatic rings. The Balaban J connectivity index is 1.86. The number of hydrogen-bond acceptors (Lipinski definition) is 4. The van der Waals surface area contributed by atoms with E-state index in [1.807, 2.05) is 73.7 Å². The van der Waals surface area contributed by atoms with E-state index in [0.29, 0.717) is 43.2 Å². The van der Waals surface area contributed by atoms with Crippen LogP contribution in [0.3, 0.4) is 0 Å². The third-order valence-electron chi connectivity index (χ3n) is 5.09. The predicted molar refractivity (Wildman–Crippen MR) is 142 cm³/mol. The summed E-state index contributed by atoms with van der Waals surface area (Å²) in [5.41, 5.74) is 3.52.